The molecule has 0 radical (unpaired) electrons. The van der Waals surface area contributed by atoms with Crippen LogP contribution >= 0.6 is 0 Å². The number of carbonyl (C=O) groups excluding carboxylic acids is 1. The Morgan fingerprint density at radius 2 is 2.33 bits per heavy atom. The van der Waals surface area contributed by atoms with Gasteiger partial charge < -0.3 is 19.2 Å². The molecule has 0 bridgehead atoms. The zero-order valence-corrected chi connectivity index (χ0v) is 13.9. The van der Waals surface area contributed by atoms with Crippen LogP contribution in [0.4, 0.5) is 0 Å². The number of fused-ring (bicyclic) bond motifs is 1. The Morgan fingerprint density at radius 1 is 1.46 bits per heavy atom. The molecule has 1 aromatic carbocycles. The Morgan fingerprint density at radius 3 is 3.08 bits per heavy atom. The monoisotopic (exact) mass is 327 g/mol. The highest BCUT2D eigenvalue weighted by molar-refractivity contribution is 5.92. The first-order valence-electron chi connectivity index (χ1n) is 8.10. The second-order valence-corrected chi connectivity index (χ2v) is 5.69. The minimum Gasteiger partial charge on any atom is -0.493 e. The van der Waals surface area contributed by atoms with Crippen LogP contribution in [0.15, 0.2) is 41.0 Å². The van der Waals surface area contributed by atoms with Crippen LogP contribution in [0.25, 0.3) is 6.08 Å². The number of furan rings is 1. The molecular weight excluding hydrogens is 306 g/mol. The normalized spacial score (nSPS) is 16.0. The van der Waals surface area contributed by atoms with Crippen LogP contribution in [0.3, 0.4) is 0 Å². The maximum Gasteiger partial charge on any atom is 0.244 e. The van der Waals surface area contributed by atoms with Crippen molar-refractivity contribution in [2.24, 2.45) is 0 Å². The molecule has 1 aromatic heterocycles. The smallest absolute Gasteiger partial charge is 0.244 e. The van der Waals surface area contributed by atoms with Gasteiger partial charge in [-0.3, -0.25) is 4.79 Å². The molecule has 1 aliphatic rings. The van der Waals surface area contributed by atoms with E-state index in [-0.39, 0.29) is 12.0 Å². The molecule has 24 heavy (non-hydrogen) atoms. The molecule has 0 spiro atoms. The molecular formula is C19H21NO4. The maximum absolute atomic E-state index is 12.0. The van der Waals surface area contributed by atoms with Gasteiger partial charge in [-0.15, -0.1) is 0 Å². The van der Waals surface area contributed by atoms with E-state index in [4.69, 9.17) is 13.9 Å². The fourth-order valence-corrected chi connectivity index (χ4v) is 2.68. The summed E-state index contributed by atoms with van der Waals surface area (Å²) in [5.41, 5.74) is 1.98. The summed E-state index contributed by atoms with van der Waals surface area (Å²) < 4.78 is 16.7. The zero-order chi connectivity index (χ0) is 16.9. The zero-order valence-electron chi connectivity index (χ0n) is 13.9. The van der Waals surface area contributed by atoms with Gasteiger partial charge in [-0.1, -0.05) is 0 Å². The topological polar surface area (TPSA) is 60.7 Å². The number of nitrogens with one attached hydrogen (secondary N) is 1. The van der Waals surface area contributed by atoms with Gasteiger partial charge in [-0.25, -0.2) is 0 Å². The van der Waals surface area contributed by atoms with Gasteiger partial charge in [0, 0.05) is 23.6 Å². The number of hydrogen-bond donors (Lipinski definition) is 1. The second kappa shape index (κ2) is 7.25. The lowest BCUT2D eigenvalue weighted by Crippen LogP contribution is -2.19. The van der Waals surface area contributed by atoms with Crippen molar-refractivity contribution in [2.75, 3.05) is 6.61 Å². The van der Waals surface area contributed by atoms with Crippen molar-refractivity contribution >= 4 is 12.0 Å². The Labute approximate surface area is 141 Å². The summed E-state index contributed by atoms with van der Waals surface area (Å²) in [6.07, 6.45) is 5.87. The lowest BCUT2D eigenvalue weighted by molar-refractivity contribution is -0.116. The number of hydrogen-bond acceptors (Lipinski definition) is 4. The van der Waals surface area contributed by atoms with Crippen LogP contribution in [0, 0.1) is 0 Å². The first kappa shape index (κ1) is 16.2. The highest BCUT2D eigenvalue weighted by Crippen LogP contribution is 2.35. The molecule has 0 aliphatic carbocycles. The van der Waals surface area contributed by atoms with E-state index < -0.39 is 0 Å². The minimum absolute atomic E-state index is 0.172. The van der Waals surface area contributed by atoms with Crippen molar-refractivity contribution in [1.29, 1.82) is 0 Å². The van der Waals surface area contributed by atoms with Gasteiger partial charge in [0.05, 0.1) is 19.4 Å². The Balaban J connectivity index is 1.71. The molecule has 0 fully saturated rings. The predicted molar refractivity (Wildman–Crippen MR) is 91.0 cm³/mol. The lowest BCUT2D eigenvalue weighted by atomic mass is 10.1. The van der Waals surface area contributed by atoms with E-state index in [9.17, 15) is 4.79 Å². The molecule has 1 amide bonds. The van der Waals surface area contributed by atoms with E-state index in [1.807, 2.05) is 32.0 Å². The summed E-state index contributed by atoms with van der Waals surface area (Å²) in [4.78, 5) is 12.0. The van der Waals surface area contributed by atoms with Gasteiger partial charge >= 0.3 is 0 Å². The summed E-state index contributed by atoms with van der Waals surface area (Å²) in [6, 6.07) is 7.54. The standard InChI is InChI=1S/C19H21NO4/c1-3-22-17-11-15-9-13(2)24-18(15)10-14(17)6-7-19(21)20-12-16-5-4-8-23-16/h4-8,10-11,13H,3,9,12H2,1-2H3,(H,20,21). The number of ether oxygens (including phenoxy) is 2. The third kappa shape index (κ3) is 3.79. The van der Waals surface area contributed by atoms with E-state index in [0.717, 1.165) is 29.0 Å². The van der Waals surface area contributed by atoms with E-state index in [2.05, 4.69) is 5.32 Å². The van der Waals surface area contributed by atoms with Crippen molar-refractivity contribution in [3.05, 3.63) is 53.5 Å². The minimum atomic E-state index is -0.191. The van der Waals surface area contributed by atoms with Gasteiger partial charge in [0.15, 0.2) is 0 Å². The molecule has 2 heterocycles. The molecule has 5 heteroatoms. The number of benzene rings is 1. The van der Waals surface area contributed by atoms with Crippen LogP contribution in [-0.4, -0.2) is 18.6 Å². The summed E-state index contributed by atoms with van der Waals surface area (Å²) in [5, 5.41) is 2.77. The first-order valence-corrected chi connectivity index (χ1v) is 8.10. The molecule has 0 saturated carbocycles. The third-order valence-corrected chi connectivity index (χ3v) is 3.76. The first-order chi connectivity index (χ1) is 11.7. The van der Waals surface area contributed by atoms with Crippen molar-refractivity contribution in [2.45, 2.75) is 32.9 Å². The van der Waals surface area contributed by atoms with Crippen LogP contribution < -0.4 is 14.8 Å². The lowest BCUT2D eigenvalue weighted by Gasteiger charge is -2.10. The number of rotatable bonds is 6. The van der Waals surface area contributed by atoms with Crippen molar-refractivity contribution in [3.8, 4) is 11.5 Å². The van der Waals surface area contributed by atoms with Gasteiger partial charge in [-0.05, 0) is 44.2 Å². The fraction of sp³-hybridized carbons (Fsp3) is 0.316. The molecule has 126 valence electrons. The van der Waals surface area contributed by atoms with E-state index in [0.29, 0.717) is 18.9 Å². The molecule has 5 nitrogen and oxygen atoms in total. The van der Waals surface area contributed by atoms with Gasteiger partial charge in [0.25, 0.3) is 0 Å². The van der Waals surface area contributed by atoms with Crippen LogP contribution in [-0.2, 0) is 17.8 Å². The molecule has 0 saturated heterocycles. The van der Waals surface area contributed by atoms with Gasteiger partial charge in [0.2, 0.25) is 5.91 Å². The van der Waals surface area contributed by atoms with Gasteiger partial charge in [-0.2, -0.15) is 0 Å². The molecule has 1 atom stereocenters. The largest absolute Gasteiger partial charge is 0.493 e. The highest BCUT2D eigenvalue weighted by Gasteiger charge is 2.21. The highest BCUT2D eigenvalue weighted by atomic mass is 16.5. The van der Waals surface area contributed by atoms with Crippen LogP contribution in [0.5, 0.6) is 11.5 Å². The quantitative estimate of drug-likeness (QED) is 0.827. The van der Waals surface area contributed by atoms with Gasteiger partial charge in [0.1, 0.15) is 23.4 Å². The van der Waals surface area contributed by atoms with Crippen molar-refractivity contribution in [1.82, 2.24) is 5.32 Å². The number of amides is 1. The SMILES string of the molecule is CCOc1cc2c(cc1C=CC(=O)NCc1ccco1)OC(C)C2. The second-order valence-electron chi connectivity index (χ2n) is 5.69. The Kier molecular flexibility index (Phi) is 4.89. The average molecular weight is 327 g/mol. The van der Waals surface area contributed by atoms with E-state index in [1.54, 1.807) is 18.4 Å². The fourth-order valence-electron chi connectivity index (χ4n) is 2.68. The maximum atomic E-state index is 12.0. The predicted octanol–water partition coefficient (Wildman–Crippen LogP) is 3.33. The average Bonchev–Trinajstić information content (AvgIpc) is 3.19. The third-order valence-electron chi connectivity index (χ3n) is 3.76. The molecule has 1 unspecified atom stereocenters. The summed E-state index contributed by atoms with van der Waals surface area (Å²) in [6.45, 7) is 4.91. The summed E-state index contributed by atoms with van der Waals surface area (Å²) in [5.74, 6) is 2.15. The molecule has 2 aromatic rings. The van der Waals surface area contributed by atoms with Crippen LogP contribution in [0.1, 0.15) is 30.7 Å². The molecule has 1 N–H and O–H groups in total. The van der Waals surface area contributed by atoms with E-state index >= 15 is 0 Å². The molecule has 1 aliphatic heterocycles. The summed E-state index contributed by atoms with van der Waals surface area (Å²) in [7, 11) is 0. The van der Waals surface area contributed by atoms with E-state index in [1.165, 1.54) is 6.08 Å². The van der Waals surface area contributed by atoms with Crippen molar-refractivity contribution < 1.29 is 18.7 Å². The summed E-state index contributed by atoms with van der Waals surface area (Å²) >= 11 is 0. The van der Waals surface area contributed by atoms with Crippen molar-refractivity contribution in [3.63, 3.8) is 0 Å². The number of carbonyl (C=O) groups is 1. The van der Waals surface area contributed by atoms with Crippen LogP contribution in [0.2, 0.25) is 0 Å². The Bertz CT molecular complexity index is 734. The Hall–Kier alpha value is -2.69. The molecule has 3 rings (SSSR count).